The van der Waals surface area contributed by atoms with Gasteiger partial charge < -0.3 is 10.2 Å². The number of hydrogen-bond acceptors (Lipinski definition) is 4. The van der Waals surface area contributed by atoms with E-state index in [0.29, 0.717) is 17.0 Å². The lowest BCUT2D eigenvalue weighted by atomic mass is 10.1. The molecular formula is C23H28Cl3N3O4S. The van der Waals surface area contributed by atoms with Crippen LogP contribution in [-0.2, 0) is 26.2 Å². The van der Waals surface area contributed by atoms with Crippen molar-refractivity contribution < 1.29 is 18.0 Å². The summed E-state index contributed by atoms with van der Waals surface area (Å²) in [4.78, 5) is 27.7. The van der Waals surface area contributed by atoms with Crippen LogP contribution in [0.5, 0.6) is 0 Å². The molecule has 2 aromatic carbocycles. The second-order valence-electron chi connectivity index (χ2n) is 7.97. The van der Waals surface area contributed by atoms with E-state index in [1.165, 1.54) is 23.1 Å². The van der Waals surface area contributed by atoms with Crippen molar-refractivity contribution in [2.24, 2.45) is 0 Å². The molecule has 0 aromatic heterocycles. The fourth-order valence-electron chi connectivity index (χ4n) is 3.13. The first kappa shape index (κ1) is 28.2. The van der Waals surface area contributed by atoms with E-state index in [0.717, 1.165) is 10.6 Å². The molecule has 0 saturated carbocycles. The van der Waals surface area contributed by atoms with E-state index in [1.807, 2.05) is 13.8 Å². The number of anilines is 1. The quantitative estimate of drug-likeness (QED) is 0.464. The summed E-state index contributed by atoms with van der Waals surface area (Å²) in [5.74, 6) is -0.963. The summed E-state index contributed by atoms with van der Waals surface area (Å²) in [5.41, 5.74) is 0.687. The molecule has 0 spiro atoms. The van der Waals surface area contributed by atoms with Crippen molar-refractivity contribution in [2.75, 3.05) is 17.1 Å². The molecule has 0 heterocycles. The Bertz CT molecular complexity index is 1140. The van der Waals surface area contributed by atoms with Crippen molar-refractivity contribution in [3.8, 4) is 0 Å². The average Bonchev–Trinajstić information content (AvgIpc) is 2.77. The molecule has 0 saturated heterocycles. The topological polar surface area (TPSA) is 86.8 Å². The number of halogens is 3. The van der Waals surface area contributed by atoms with E-state index in [4.69, 9.17) is 34.8 Å². The molecule has 186 valence electrons. The number of nitrogens with zero attached hydrogens (tertiary/aromatic N) is 2. The van der Waals surface area contributed by atoms with Crippen LogP contribution in [0.4, 0.5) is 5.69 Å². The maximum Gasteiger partial charge on any atom is 0.244 e. The predicted molar refractivity (Wildman–Crippen MR) is 138 cm³/mol. The van der Waals surface area contributed by atoms with Gasteiger partial charge in [0.1, 0.15) is 12.6 Å². The van der Waals surface area contributed by atoms with Crippen molar-refractivity contribution in [2.45, 2.75) is 45.8 Å². The number of amides is 2. The van der Waals surface area contributed by atoms with E-state index in [-0.39, 0.29) is 34.2 Å². The fraction of sp³-hybridized carbons (Fsp3) is 0.391. The molecule has 1 N–H and O–H groups in total. The number of rotatable bonds is 10. The zero-order valence-corrected chi connectivity index (χ0v) is 22.5. The highest BCUT2D eigenvalue weighted by atomic mass is 35.5. The molecule has 2 rings (SSSR count). The zero-order valence-electron chi connectivity index (χ0n) is 19.4. The monoisotopic (exact) mass is 547 g/mol. The first-order valence-electron chi connectivity index (χ1n) is 10.6. The molecule has 0 aliphatic rings. The minimum absolute atomic E-state index is 0.00841. The first-order valence-corrected chi connectivity index (χ1v) is 13.6. The molecule has 2 atom stereocenters. The Kier molecular flexibility index (Phi) is 10.1. The highest BCUT2D eigenvalue weighted by molar-refractivity contribution is 7.92. The van der Waals surface area contributed by atoms with E-state index in [9.17, 15) is 18.0 Å². The van der Waals surface area contributed by atoms with Crippen molar-refractivity contribution >= 4 is 62.3 Å². The van der Waals surface area contributed by atoms with Crippen LogP contribution < -0.4 is 9.62 Å². The van der Waals surface area contributed by atoms with Gasteiger partial charge in [0.15, 0.2) is 0 Å². The lowest BCUT2D eigenvalue weighted by Gasteiger charge is -2.32. The lowest BCUT2D eigenvalue weighted by molar-refractivity contribution is -0.139. The van der Waals surface area contributed by atoms with Gasteiger partial charge >= 0.3 is 0 Å². The standard InChI is InChI=1S/C23H28Cl3N3O4S/c1-5-15(2)27-23(31)16(3)28(13-17-8-6-7-9-19(17)25)22(30)14-29(34(4,32)33)21-12-18(24)10-11-20(21)26/h6-12,15-16H,5,13-14H2,1-4H3,(H,27,31)/t15-,16+/m0/s1. The van der Waals surface area contributed by atoms with Gasteiger partial charge in [0.2, 0.25) is 21.8 Å². The van der Waals surface area contributed by atoms with Gasteiger partial charge in [-0.25, -0.2) is 8.42 Å². The van der Waals surface area contributed by atoms with Crippen molar-refractivity contribution in [3.63, 3.8) is 0 Å². The fourth-order valence-corrected chi connectivity index (χ4v) is 4.61. The second kappa shape index (κ2) is 12.1. The van der Waals surface area contributed by atoms with Crippen molar-refractivity contribution in [1.82, 2.24) is 10.2 Å². The van der Waals surface area contributed by atoms with Crippen LogP contribution in [-0.4, -0.2) is 50.0 Å². The molecule has 0 radical (unpaired) electrons. The Balaban J connectivity index is 2.45. The lowest BCUT2D eigenvalue weighted by Crippen LogP contribution is -2.52. The Labute approximate surface area is 216 Å². The Morgan fingerprint density at radius 3 is 2.26 bits per heavy atom. The van der Waals surface area contributed by atoms with Crippen LogP contribution in [0.1, 0.15) is 32.8 Å². The summed E-state index contributed by atoms with van der Waals surface area (Å²) in [7, 11) is -3.92. The maximum atomic E-state index is 13.5. The molecule has 7 nitrogen and oxygen atoms in total. The van der Waals surface area contributed by atoms with Gasteiger partial charge in [-0.15, -0.1) is 0 Å². The second-order valence-corrected chi connectivity index (χ2v) is 11.1. The van der Waals surface area contributed by atoms with Gasteiger partial charge in [-0.05, 0) is 50.1 Å². The number of hydrogen-bond donors (Lipinski definition) is 1. The Hall–Kier alpha value is -2.00. The van der Waals surface area contributed by atoms with Gasteiger partial charge in [-0.2, -0.15) is 0 Å². The molecule has 0 aliphatic heterocycles. The van der Waals surface area contributed by atoms with Crippen LogP contribution in [0.2, 0.25) is 15.1 Å². The highest BCUT2D eigenvalue weighted by Gasteiger charge is 2.31. The summed E-state index contributed by atoms with van der Waals surface area (Å²) >= 11 is 18.6. The average molecular weight is 549 g/mol. The summed E-state index contributed by atoms with van der Waals surface area (Å²) in [6.07, 6.45) is 1.68. The third-order valence-corrected chi connectivity index (χ3v) is 7.37. The number of sulfonamides is 1. The zero-order chi connectivity index (χ0) is 25.6. The molecular weight excluding hydrogens is 521 g/mol. The number of carbonyl (C=O) groups excluding carboxylic acids is 2. The Morgan fingerprint density at radius 1 is 1.03 bits per heavy atom. The Morgan fingerprint density at radius 2 is 1.68 bits per heavy atom. The molecule has 0 bridgehead atoms. The molecule has 0 fully saturated rings. The normalized spacial score (nSPS) is 13.1. The highest BCUT2D eigenvalue weighted by Crippen LogP contribution is 2.31. The first-order chi connectivity index (χ1) is 15.8. The van der Waals surface area contributed by atoms with Gasteiger partial charge in [-0.1, -0.05) is 59.9 Å². The van der Waals surface area contributed by atoms with Crippen LogP contribution >= 0.6 is 34.8 Å². The predicted octanol–water partition coefficient (Wildman–Crippen LogP) is 4.74. The third-order valence-electron chi connectivity index (χ3n) is 5.32. The van der Waals surface area contributed by atoms with Gasteiger partial charge in [0.05, 0.1) is 17.0 Å². The number of benzene rings is 2. The summed E-state index contributed by atoms with van der Waals surface area (Å²) in [6, 6.07) is 10.3. The van der Waals surface area contributed by atoms with E-state index < -0.39 is 28.5 Å². The number of carbonyl (C=O) groups is 2. The molecule has 0 unspecified atom stereocenters. The van der Waals surface area contributed by atoms with E-state index in [2.05, 4.69) is 5.32 Å². The van der Waals surface area contributed by atoms with Gasteiger partial charge in [0, 0.05) is 22.6 Å². The number of nitrogens with one attached hydrogen (secondary N) is 1. The summed E-state index contributed by atoms with van der Waals surface area (Å²) in [6.45, 7) is 4.81. The van der Waals surface area contributed by atoms with Crippen LogP contribution in [0.15, 0.2) is 42.5 Å². The van der Waals surface area contributed by atoms with Gasteiger partial charge in [-0.3, -0.25) is 13.9 Å². The smallest absolute Gasteiger partial charge is 0.244 e. The minimum Gasteiger partial charge on any atom is -0.352 e. The largest absolute Gasteiger partial charge is 0.352 e. The molecule has 0 aliphatic carbocycles. The van der Waals surface area contributed by atoms with Gasteiger partial charge in [0.25, 0.3) is 0 Å². The summed E-state index contributed by atoms with van der Waals surface area (Å²) in [5, 5.41) is 3.66. The van der Waals surface area contributed by atoms with Crippen LogP contribution in [0.25, 0.3) is 0 Å². The molecule has 2 amide bonds. The van der Waals surface area contributed by atoms with Crippen molar-refractivity contribution in [3.05, 3.63) is 63.1 Å². The molecule has 11 heteroatoms. The summed E-state index contributed by atoms with van der Waals surface area (Å²) < 4.78 is 26.1. The van der Waals surface area contributed by atoms with Crippen molar-refractivity contribution in [1.29, 1.82) is 0 Å². The minimum atomic E-state index is -3.92. The van der Waals surface area contributed by atoms with Crippen LogP contribution in [0.3, 0.4) is 0 Å². The van der Waals surface area contributed by atoms with Crippen LogP contribution in [0, 0.1) is 0 Å². The van der Waals surface area contributed by atoms with E-state index in [1.54, 1.807) is 31.2 Å². The molecule has 34 heavy (non-hydrogen) atoms. The van der Waals surface area contributed by atoms with E-state index >= 15 is 0 Å². The maximum absolute atomic E-state index is 13.5. The SMILES string of the molecule is CC[C@H](C)NC(=O)[C@@H](C)N(Cc1ccccc1Cl)C(=O)CN(c1cc(Cl)ccc1Cl)S(C)(=O)=O. The molecule has 2 aromatic rings. The third kappa shape index (κ3) is 7.50.